The molecule has 0 aliphatic carbocycles. The molecule has 0 bridgehead atoms. The van der Waals surface area contributed by atoms with Gasteiger partial charge in [-0.05, 0) is 29.3 Å². The predicted molar refractivity (Wildman–Crippen MR) is 57.9 cm³/mol. The summed E-state index contributed by atoms with van der Waals surface area (Å²) in [5, 5.41) is 4.19. The quantitative estimate of drug-likeness (QED) is 0.589. The second kappa shape index (κ2) is 4.87. The highest BCUT2D eigenvalue weighted by atomic mass is 32.1. The fourth-order valence-corrected chi connectivity index (χ4v) is 1.68. The Balaban J connectivity index is 2.50. The lowest BCUT2D eigenvalue weighted by molar-refractivity contribution is 0.493. The molecular weight excluding hydrogens is 182 g/mol. The maximum Gasteiger partial charge on any atom is 0.191 e. The summed E-state index contributed by atoms with van der Waals surface area (Å²) in [6, 6.07) is 2.10. The van der Waals surface area contributed by atoms with Crippen LogP contribution in [-0.4, -0.2) is 24.5 Å². The van der Waals surface area contributed by atoms with Crippen LogP contribution in [0.25, 0.3) is 0 Å². The number of guanidine groups is 1. The van der Waals surface area contributed by atoms with Gasteiger partial charge < -0.3 is 10.6 Å². The van der Waals surface area contributed by atoms with Crippen molar-refractivity contribution in [1.29, 1.82) is 0 Å². The van der Waals surface area contributed by atoms with Gasteiger partial charge in [-0.2, -0.15) is 11.3 Å². The van der Waals surface area contributed by atoms with Crippen LogP contribution < -0.4 is 5.73 Å². The smallest absolute Gasteiger partial charge is 0.191 e. The Morgan fingerprint density at radius 2 is 2.46 bits per heavy atom. The maximum absolute atomic E-state index is 5.72. The van der Waals surface area contributed by atoms with E-state index in [0.717, 1.165) is 13.1 Å². The SMILES string of the molecule is CCN=C(N)N(C)Cc1ccsc1. The number of nitrogens with zero attached hydrogens (tertiary/aromatic N) is 2. The zero-order chi connectivity index (χ0) is 9.68. The molecule has 0 fully saturated rings. The molecule has 0 saturated carbocycles. The molecule has 0 aliphatic heterocycles. The second-order valence-corrected chi connectivity index (χ2v) is 3.60. The molecule has 0 radical (unpaired) electrons. The number of hydrogen-bond donors (Lipinski definition) is 1. The molecule has 0 aliphatic rings. The highest BCUT2D eigenvalue weighted by Crippen LogP contribution is 2.07. The monoisotopic (exact) mass is 197 g/mol. The van der Waals surface area contributed by atoms with Crippen LogP contribution in [-0.2, 0) is 6.54 Å². The average Bonchev–Trinajstić information content (AvgIpc) is 2.57. The highest BCUT2D eigenvalue weighted by Gasteiger charge is 2.01. The number of rotatable bonds is 3. The van der Waals surface area contributed by atoms with Crippen molar-refractivity contribution in [1.82, 2.24) is 4.90 Å². The molecule has 1 rings (SSSR count). The molecular formula is C9H15N3S. The number of aliphatic imine (C=N–C) groups is 1. The Hall–Kier alpha value is -1.03. The van der Waals surface area contributed by atoms with E-state index >= 15 is 0 Å². The third-order valence-corrected chi connectivity index (χ3v) is 2.44. The maximum atomic E-state index is 5.72. The summed E-state index contributed by atoms with van der Waals surface area (Å²) < 4.78 is 0. The van der Waals surface area contributed by atoms with Gasteiger partial charge in [-0.15, -0.1) is 0 Å². The standard InChI is InChI=1S/C9H15N3S/c1-3-11-9(10)12(2)6-8-4-5-13-7-8/h4-5,7H,3,6H2,1-2H3,(H2,10,11). The average molecular weight is 197 g/mol. The first kappa shape index (κ1) is 10.1. The van der Waals surface area contributed by atoms with Crippen molar-refractivity contribution in [3.05, 3.63) is 22.4 Å². The minimum atomic E-state index is 0.605. The second-order valence-electron chi connectivity index (χ2n) is 2.82. The summed E-state index contributed by atoms with van der Waals surface area (Å²) in [7, 11) is 1.95. The Morgan fingerprint density at radius 1 is 1.69 bits per heavy atom. The largest absolute Gasteiger partial charge is 0.370 e. The summed E-state index contributed by atoms with van der Waals surface area (Å²) in [5.41, 5.74) is 7.00. The molecule has 2 N–H and O–H groups in total. The van der Waals surface area contributed by atoms with Crippen LogP contribution >= 0.6 is 11.3 Å². The van der Waals surface area contributed by atoms with E-state index in [-0.39, 0.29) is 0 Å². The number of hydrogen-bond acceptors (Lipinski definition) is 2. The molecule has 13 heavy (non-hydrogen) atoms. The molecule has 0 amide bonds. The van der Waals surface area contributed by atoms with Crippen LogP contribution in [0.5, 0.6) is 0 Å². The van der Waals surface area contributed by atoms with E-state index in [1.54, 1.807) is 11.3 Å². The van der Waals surface area contributed by atoms with Crippen LogP contribution in [0, 0.1) is 0 Å². The fraction of sp³-hybridized carbons (Fsp3) is 0.444. The van der Waals surface area contributed by atoms with Crippen molar-refractivity contribution in [3.63, 3.8) is 0 Å². The fourth-order valence-electron chi connectivity index (χ4n) is 1.02. The van der Waals surface area contributed by atoms with Crippen molar-refractivity contribution in [2.75, 3.05) is 13.6 Å². The van der Waals surface area contributed by atoms with E-state index in [0.29, 0.717) is 5.96 Å². The van der Waals surface area contributed by atoms with Crippen molar-refractivity contribution in [2.24, 2.45) is 10.7 Å². The van der Waals surface area contributed by atoms with E-state index in [9.17, 15) is 0 Å². The van der Waals surface area contributed by atoms with Gasteiger partial charge in [0.2, 0.25) is 0 Å². The minimum Gasteiger partial charge on any atom is -0.370 e. The third-order valence-electron chi connectivity index (χ3n) is 1.71. The molecule has 72 valence electrons. The van der Waals surface area contributed by atoms with Gasteiger partial charge in [-0.3, -0.25) is 4.99 Å². The van der Waals surface area contributed by atoms with Gasteiger partial charge in [0.1, 0.15) is 0 Å². The van der Waals surface area contributed by atoms with Gasteiger partial charge in [0.15, 0.2) is 5.96 Å². The molecule has 1 aromatic rings. The number of nitrogens with two attached hydrogens (primary N) is 1. The lowest BCUT2D eigenvalue weighted by atomic mass is 10.3. The first-order valence-corrected chi connectivity index (χ1v) is 5.20. The first-order chi connectivity index (χ1) is 6.24. The van der Waals surface area contributed by atoms with E-state index in [1.807, 2.05) is 18.9 Å². The van der Waals surface area contributed by atoms with Crippen LogP contribution in [0.2, 0.25) is 0 Å². The molecule has 0 aromatic carbocycles. The number of thiophene rings is 1. The lowest BCUT2D eigenvalue weighted by Gasteiger charge is -2.16. The van der Waals surface area contributed by atoms with Gasteiger partial charge in [0, 0.05) is 20.1 Å². The molecule has 0 saturated heterocycles. The van der Waals surface area contributed by atoms with E-state index in [1.165, 1.54) is 5.56 Å². The van der Waals surface area contributed by atoms with Crippen molar-refractivity contribution in [3.8, 4) is 0 Å². The molecule has 0 atom stereocenters. The molecule has 0 unspecified atom stereocenters. The Labute approximate surface area is 82.9 Å². The molecule has 1 heterocycles. The predicted octanol–water partition coefficient (Wildman–Crippen LogP) is 1.51. The molecule has 3 nitrogen and oxygen atoms in total. The third kappa shape index (κ3) is 3.06. The van der Waals surface area contributed by atoms with Crippen LogP contribution in [0.1, 0.15) is 12.5 Å². The van der Waals surface area contributed by atoms with Gasteiger partial charge in [-0.1, -0.05) is 0 Å². The van der Waals surface area contributed by atoms with Crippen molar-refractivity contribution < 1.29 is 0 Å². The van der Waals surface area contributed by atoms with Crippen molar-refractivity contribution in [2.45, 2.75) is 13.5 Å². The van der Waals surface area contributed by atoms with Gasteiger partial charge in [-0.25, -0.2) is 0 Å². The summed E-state index contributed by atoms with van der Waals surface area (Å²) >= 11 is 1.70. The first-order valence-electron chi connectivity index (χ1n) is 4.26. The Kier molecular flexibility index (Phi) is 3.76. The summed E-state index contributed by atoms with van der Waals surface area (Å²) in [6.45, 7) is 3.55. The molecule has 0 spiro atoms. The normalized spacial score (nSPS) is 11.7. The Morgan fingerprint density at radius 3 is 3.00 bits per heavy atom. The van der Waals surface area contributed by atoms with E-state index in [4.69, 9.17) is 5.73 Å². The van der Waals surface area contributed by atoms with E-state index < -0.39 is 0 Å². The van der Waals surface area contributed by atoms with Crippen LogP contribution in [0.15, 0.2) is 21.8 Å². The zero-order valence-corrected chi connectivity index (χ0v) is 8.84. The Bertz CT molecular complexity index is 266. The lowest BCUT2D eigenvalue weighted by Crippen LogP contribution is -2.33. The highest BCUT2D eigenvalue weighted by molar-refractivity contribution is 7.07. The molecule has 4 heteroatoms. The van der Waals surface area contributed by atoms with Gasteiger partial charge in [0.05, 0.1) is 0 Å². The molecule has 1 aromatic heterocycles. The van der Waals surface area contributed by atoms with E-state index in [2.05, 4.69) is 21.8 Å². The topological polar surface area (TPSA) is 41.6 Å². The van der Waals surface area contributed by atoms with Gasteiger partial charge in [0.25, 0.3) is 0 Å². The van der Waals surface area contributed by atoms with Crippen LogP contribution in [0.3, 0.4) is 0 Å². The summed E-state index contributed by atoms with van der Waals surface area (Å²) in [5.74, 6) is 0.605. The van der Waals surface area contributed by atoms with Crippen LogP contribution in [0.4, 0.5) is 0 Å². The zero-order valence-electron chi connectivity index (χ0n) is 8.03. The summed E-state index contributed by atoms with van der Waals surface area (Å²) in [6.07, 6.45) is 0. The summed E-state index contributed by atoms with van der Waals surface area (Å²) in [4.78, 5) is 6.08. The van der Waals surface area contributed by atoms with Gasteiger partial charge >= 0.3 is 0 Å². The minimum absolute atomic E-state index is 0.605. The van der Waals surface area contributed by atoms with Crippen molar-refractivity contribution >= 4 is 17.3 Å².